The van der Waals surface area contributed by atoms with Gasteiger partial charge in [0.1, 0.15) is 12.4 Å². The number of rotatable bonds is 4. The van der Waals surface area contributed by atoms with Crippen molar-refractivity contribution in [2.24, 2.45) is 0 Å². The van der Waals surface area contributed by atoms with Crippen LogP contribution in [-0.4, -0.2) is 4.98 Å². The minimum Gasteiger partial charge on any atom is -0.486 e. The van der Waals surface area contributed by atoms with Gasteiger partial charge in [0.05, 0.1) is 10.0 Å². The third kappa shape index (κ3) is 3.44. The first kappa shape index (κ1) is 12.9. The molecular weight excluding hydrogens is 322 g/mol. The molecule has 2 heterocycles. The molecule has 0 amide bonds. The molecule has 0 bridgehead atoms. The summed E-state index contributed by atoms with van der Waals surface area (Å²) in [7, 11) is 0. The van der Waals surface area contributed by atoms with Crippen LogP contribution in [0.15, 0.2) is 24.3 Å². The summed E-state index contributed by atoms with van der Waals surface area (Å²) in [6, 6.07) is 7.75. The molecule has 0 aliphatic carbocycles. The van der Waals surface area contributed by atoms with Gasteiger partial charge in [0, 0.05) is 15.9 Å². The van der Waals surface area contributed by atoms with E-state index in [1.54, 1.807) is 0 Å². The first-order valence-corrected chi connectivity index (χ1v) is 7.40. The Labute approximate surface area is 118 Å². The van der Waals surface area contributed by atoms with Crippen LogP contribution in [0.2, 0.25) is 4.34 Å². The number of aromatic nitrogens is 1. The molecule has 0 N–H and O–H groups in total. The van der Waals surface area contributed by atoms with Crippen LogP contribution in [0, 0.1) is 6.92 Å². The Kier molecular flexibility index (Phi) is 4.42. The van der Waals surface area contributed by atoms with Gasteiger partial charge in [-0.05, 0) is 31.2 Å². The maximum atomic E-state index is 5.86. The highest BCUT2D eigenvalue weighted by atomic mass is 79.9. The van der Waals surface area contributed by atoms with Gasteiger partial charge in [0.2, 0.25) is 0 Å². The van der Waals surface area contributed by atoms with E-state index in [-0.39, 0.29) is 0 Å². The van der Waals surface area contributed by atoms with Crippen LogP contribution < -0.4 is 4.74 Å². The maximum absolute atomic E-state index is 5.86. The fourth-order valence-corrected chi connectivity index (χ4v) is 2.81. The van der Waals surface area contributed by atoms with E-state index in [4.69, 9.17) is 16.3 Å². The third-order valence-electron chi connectivity index (χ3n) is 2.20. The number of thiophene rings is 1. The highest BCUT2D eigenvalue weighted by Crippen LogP contribution is 2.25. The Morgan fingerprint density at radius 2 is 2.18 bits per heavy atom. The van der Waals surface area contributed by atoms with Crippen molar-refractivity contribution < 1.29 is 4.74 Å². The molecule has 2 aromatic heterocycles. The molecule has 0 unspecified atom stereocenters. The van der Waals surface area contributed by atoms with Gasteiger partial charge in [-0.3, -0.25) is 4.98 Å². The normalized spacial score (nSPS) is 10.5. The summed E-state index contributed by atoms with van der Waals surface area (Å²) >= 11 is 10.8. The first-order valence-electron chi connectivity index (χ1n) is 5.08. The molecule has 0 aromatic carbocycles. The van der Waals surface area contributed by atoms with Gasteiger partial charge in [0.15, 0.2) is 0 Å². The summed E-state index contributed by atoms with van der Waals surface area (Å²) < 4.78 is 6.53. The molecule has 0 fully saturated rings. The van der Waals surface area contributed by atoms with Gasteiger partial charge in [-0.15, -0.1) is 11.3 Å². The molecule has 2 rings (SSSR count). The van der Waals surface area contributed by atoms with Crippen molar-refractivity contribution in [1.29, 1.82) is 0 Å². The Bertz CT molecular complexity index is 515. The average Bonchev–Trinajstić information content (AvgIpc) is 2.73. The van der Waals surface area contributed by atoms with Crippen LogP contribution >= 0.6 is 38.9 Å². The van der Waals surface area contributed by atoms with E-state index in [1.807, 2.05) is 31.2 Å². The zero-order valence-electron chi connectivity index (χ0n) is 9.24. The highest BCUT2D eigenvalue weighted by Gasteiger charge is 2.06. The Balaban J connectivity index is 2.08. The zero-order chi connectivity index (χ0) is 12.3. The van der Waals surface area contributed by atoms with E-state index in [0.717, 1.165) is 26.4 Å². The standard InChI is InChI=1S/C12H11BrClNOS/c1-8-2-4-11(10(6-13)15-8)16-7-9-3-5-12(14)17-9/h2-5H,6-7H2,1H3. The van der Waals surface area contributed by atoms with Crippen LogP contribution in [0.25, 0.3) is 0 Å². The van der Waals surface area contributed by atoms with Crippen molar-refractivity contribution in [2.75, 3.05) is 0 Å². The lowest BCUT2D eigenvalue weighted by Crippen LogP contribution is -1.99. The molecular formula is C12H11BrClNOS. The summed E-state index contributed by atoms with van der Waals surface area (Å²) in [5, 5.41) is 0.690. The zero-order valence-corrected chi connectivity index (χ0v) is 12.4. The molecule has 0 saturated carbocycles. The van der Waals surface area contributed by atoms with E-state index in [2.05, 4.69) is 20.9 Å². The van der Waals surface area contributed by atoms with Crippen molar-refractivity contribution in [2.45, 2.75) is 18.9 Å². The number of hydrogen-bond donors (Lipinski definition) is 0. The van der Waals surface area contributed by atoms with Crippen molar-refractivity contribution in [3.8, 4) is 5.75 Å². The molecule has 0 aliphatic rings. The molecule has 0 atom stereocenters. The number of hydrogen-bond acceptors (Lipinski definition) is 3. The third-order valence-corrected chi connectivity index (χ3v) is 3.93. The summed E-state index contributed by atoms with van der Waals surface area (Å²) in [4.78, 5) is 5.52. The molecule has 2 aromatic rings. The van der Waals surface area contributed by atoms with Crippen molar-refractivity contribution in [3.05, 3.63) is 44.9 Å². The molecule has 0 saturated heterocycles. The van der Waals surface area contributed by atoms with Crippen LogP contribution in [-0.2, 0) is 11.9 Å². The summed E-state index contributed by atoms with van der Waals surface area (Å²) in [6.45, 7) is 2.50. The van der Waals surface area contributed by atoms with Crippen molar-refractivity contribution >= 4 is 38.9 Å². The number of nitrogens with zero attached hydrogens (tertiary/aromatic N) is 1. The van der Waals surface area contributed by atoms with E-state index >= 15 is 0 Å². The average molecular weight is 333 g/mol. The second-order valence-corrected chi connectivity index (χ2v) is 5.89. The van der Waals surface area contributed by atoms with Crippen LogP contribution in [0.4, 0.5) is 0 Å². The molecule has 0 radical (unpaired) electrons. The smallest absolute Gasteiger partial charge is 0.142 e. The minimum absolute atomic E-state index is 0.530. The SMILES string of the molecule is Cc1ccc(OCc2ccc(Cl)s2)c(CBr)n1. The second kappa shape index (κ2) is 5.85. The quantitative estimate of drug-likeness (QED) is 0.765. The molecule has 5 heteroatoms. The van der Waals surface area contributed by atoms with Crippen LogP contribution in [0.3, 0.4) is 0 Å². The molecule has 0 aliphatic heterocycles. The van der Waals surface area contributed by atoms with Gasteiger partial charge in [-0.25, -0.2) is 0 Å². The molecule has 17 heavy (non-hydrogen) atoms. The summed E-state index contributed by atoms with van der Waals surface area (Å²) in [5.74, 6) is 0.817. The van der Waals surface area contributed by atoms with Gasteiger partial charge in [-0.1, -0.05) is 27.5 Å². The molecule has 2 nitrogen and oxygen atoms in total. The topological polar surface area (TPSA) is 22.1 Å². The summed E-state index contributed by atoms with van der Waals surface area (Å²) in [6.07, 6.45) is 0. The number of halogens is 2. The van der Waals surface area contributed by atoms with E-state index in [9.17, 15) is 0 Å². The minimum atomic E-state index is 0.530. The Hall–Kier alpha value is -0.580. The number of ether oxygens (including phenoxy) is 1. The first-order chi connectivity index (χ1) is 8.19. The fraction of sp³-hybridized carbons (Fsp3) is 0.250. The number of aryl methyl sites for hydroxylation is 1. The van der Waals surface area contributed by atoms with Gasteiger partial charge < -0.3 is 4.74 Å². The predicted octanol–water partition coefficient (Wildman–Crippen LogP) is 4.58. The van der Waals surface area contributed by atoms with Gasteiger partial charge in [-0.2, -0.15) is 0 Å². The predicted molar refractivity (Wildman–Crippen MR) is 75.3 cm³/mol. The maximum Gasteiger partial charge on any atom is 0.142 e. The van der Waals surface area contributed by atoms with E-state index in [0.29, 0.717) is 11.9 Å². The lowest BCUT2D eigenvalue weighted by atomic mass is 10.3. The fourth-order valence-electron chi connectivity index (χ4n) is 1.40. The van der Waals surface area contributed by atoms with Crippen molar-refractivity contribution in [3.63, 3.8) is 0 Å². The Morgan fingerprint density at radius 1 is 1.35 bits per heavy atom. The molecule has 90 valence electrons. The second-order valence-electron chi connectivity index (χ2n) is 3.53. The lowest BCUT2D eigenvalue weighted by molar-refractivity contribution is 0.306. The number of alkyl halides is 1. The Morgan fingerprint density at radius 3 is 2.82 bits per heavy atom. The van der Waals surface area contributed by atoms with Gasteiger partial charge in [0.25, 0.3) is 0 Å². The molecule has 0 spiro atoms. The van der Waals surface area contributed by atoms with E-state index in [1.165, 1.54) is 11.3 Å². The largest absolute Gasteiger partial charge is 0.486 e. The lowest BCUT2D eigenvalue weighted by Gasteiger charge is -2.08. The van der Waals surface area contributed by atoms with Crippen LogP contribution in [0.5, 0.6) is 5.75 Å². The van der Waals surface area contributed by atoms with Crippen molar-refractivity contribution in [1.82, 2.24) is 4.98 Å². The number of pyridine rings is 1. The van der Waals surface area contributed by atoms with Crippen LogP contribution in [0.1, 0.15) is 16.3 Å². The summed E-state index contributed by atoms with van der Waals surface area (Å²) in [5.41, 5.74) is 1.92. The monoisotopic (exact) mass is 331 g/mol. The highest BCUT2D eigenvalue weighted by molar-refractivity contribution is 9.08. The van der Waals surface area contributed by atoms with E-state index < -0.39 is 0 Å². The van der Waals surface area contributed by atoms with Gasteiger partial charge >= 0.3 is 0 Å².